The molecular weight excluding hydrogens is 466 g/mol. The third-order valence-corrected chi connectivity index (χ3v) is 4.77. The number of rotatable bonds is 14. The summed E-state index contributed by atoms with van der Waals surface area (Å²) in [6.07, 6.45) is -3.07. The van der Waals surface area contributed by atoms with E-state index in [2.05, 4.69) is 16.0 Å². The molecule has 35 heavy (non-hydrogen) atoms. The van der Waals surface area contributed by atoms with Crippen molar-refractivity contribution in [3.05, 3.63) is 35.9 Å². The lowest BCUT2D eigenvalue weighted by molar-refractivity contribution is -0.144. The van der Waals surface area contributed by atoms with Crippen LogP contribution in [-0.4, -0.2) is 81.2 Å². The number of aliphatic carboxylic acids is 2. The highest BCUT2D eigenvalue weighted by Gasteiger charge is 2.32. The van der Waals surface area contributed by atoms with Gasteiger partial charge in [0.15, 0.2) is 0 Å². The molecule has 192 valence electrons. The molecular formula is C21H29N5O9. The van der Waals surface area contributed by atoms with Gasteiger partial charge in [-0.05, 0) is 12.5 Å². The fourth-order valence-corrected chi connectivity index (χ4v) is 2.88. The molecule has 1 aromatic rings. The fraction of sp³-hybridized carbons (Fsp3) is 0.429. The Labute approximate surface area is 200 Å². The highest BCUT2D eigenvalue weighted by atomic mass is 16.4. The third kappa shape index (κ3) is 10.2. The fourth-order valence-electron chi connectivity index (χ4n) is 2.88. The molecule has 0 aliphatic carbocycles. The lowest BCUT2D eigenvalue weighted by Crippen LogP contribution is -2.59. The first-order chi connectivity index (χ1) is 16.3. The van der Waals surface area contributed by atoms with Crippen LogP contribution in [0.1, 0.15) is 25.3 Å². The molecule has 14 heteroatoms. The van der Waals surface area contributed by atoms with Gasteiger partial charge in [-0.2, -0.15) is 0 Å². The normalized spacial score (nSPS) is 14.9. The van der Waals surface area contributed by atoms with Crippen LogP contribution in [0, 0.1) is 0 Å². The number of hydrogen-bond donors (Lipinski definition) is 8. The van der Waals surface area contributed by atoms with E-state index in [0.717, 1.165) is 0 Å². The molecule has 0 heterocycles. The van der Waals surface area contributed by atoms with Crippen molar-refractivity contribution in [1.29, 1.82) is 0 Å². The van der Waals surface area contributed by atoms with Crippen LogP contribution in [0.2, 0.25) is 0 Å². The topological polar surface area (TPSA) is 251 Å². The molecule has 5 atom stereocenters. The van der Waals surface area contributed by atoms with Gasteiger partial charge in [0.05, 0.1) is 18.9 Å². The number of aliphatic hydroxyl groups is 1. The summed E-state index contributed by atoms with van der Waals surface area (Å²) in [4.78, 5) is 71.7. The van der Waals surface area contributed by atoms with Crippen LogP contribution < -0.4 is 27.4 Å². The number of carbonyl (C=O) groups excluding carboxylic acids is 4. The molecule has 10 N–H and O–H groups in total. The Morgan fingerprint density at radius 3 is 1.77 bits per heavy atom. The van der Waals surface area contributed by atoms with Crippen LogP contribution in [0.15, 0.2) is 30.3 Å². The van der Waals surface area contributed by atoms with Crippen molar-refractivity contribution in [3.8, 4) is 0 Å². The molecule has 0 aliphatic rings. The Morgan fingerprint density at radius 1 is 0.829 bits per heavy atom. The number of nitrogens with two attached hydrogens (primary N) is 2. The van der Waals surface area contributed by atoms with Crippen molar-refractivity contribution in [1.82, 2.24) is 16.0 Å². The van der Waals surface area contributed by atoms with Gasteiger partial charge >= 0.3 is 11.9 Å². The van der Waals surface area contributed by atoms with Crippen LogP contribution in [0.25, 0.3) is 0 Å². The van der Waals surface area contributed by atoms with E-state index in [9.17, 15) is 39.0 Å². The zero-order valence-electron chi connectivity index (χ0n) is 18.8. The van der Waals surface area contributed by atoms with Gasteiger partial charge in [0.1, 0.15) is 24.2 Å². The summed E-state index contributed by atoms with van der Waals surface area (Å²) in [7, 11) is 0. The highest BCUT2D eigenvalue weighted by Crippen LogP contribution is 2.05. The van der Waals surface area contributed by atoms with E-state index in [1.807, 2.05) is 0 Å². The maximum Gasteiger partial charge on any atom is 0.326 e. The van der Waals surface area contributed by atoms with Crippen LogP contribution in [0.3, 0.4) is 0 Å². The molecule has 0 aromatic heterocycles. The minimum Gasteiger partial charge on any atom is -0.481 e. The van der Waals surface area contributed by atoms with Gasteiger partial charge in [-0.25, -0.2) is 4.79 Å². The first-order valence-electron chi connectivity index (χ1n) is 10.4. The minimum absolute atomic E-state index is 0.118. The largest absolute Gasteiger partial charge is 0.481 e. The molecule has 0 radical (unpaired) electrons. The number of primary amides is 1. The third-order valence-electron chi connectivity index (χ3n) is 4.77. The molecule has 0 fully saturated rings. The van der Waals surface area contributed by atoms with Gasteiger partial charge in [-0.15, -0.1) is 0 Å². The number of carboxylic acid groups (broad SMARTS) is 2. The molecule has 0 bridgehead atoms. The molecule has 0 aliphatic heterocycles. The Balaban J connectivity index is 3.03. The average molecular weight is 495 g/mol. The maximum atomic E-state index is 12.7. The summed E-state index contributed by atoms with van der Waals surface area (Å²) in [5.41, 5.74) is 11.2. The SMILES string of the molecule is CC(O)C(N)C(=O)NC(CC(N)=O)C(=O)NC(CC(=O)O)C(=O)NC(Cc1ccccc1)C(=O)O. The van der Waals surface area contributed by atoms with Crippen molar-refractivity contribution in [3.63, 3.8) is 0 Å². The maximum absolute atomic E-state index is 12.7. The molecule has 5 unspecified atom stereocenters. The molecule has 1 rings (SSSR count). The predicted molar refractivity (Wildman–Crippen MR) is 119 cm³/mol. The number of nitrogens with one attached hydrogen (secondary N) is 3. The van der Waals surface area contributed by atoms with Gasteiger partial charge in [0.2, 0.25) is 23.6 Å². The lowest BCUT2D eigenvalue weighted by atomic mass is 10.0. The molecule has 14 nitrogen and oxygen atoms in total. The van der Waals surface area contributed by atoms with Crippen molar-refractivity contribution in [2.75, 3.05) is 0 Å². The van der Waals surface area contributed by atoms with Crippen molar-refractivity contribution in [2.24, 2.45) is 11.5 Å². The number of carboxylic acids is 2. The zero-order valence-corrected chi connectivity index (χ0v) is 18.8. The van der Waals surface area contributed by atoms with E-state index >= 15 is 0 Å². The lowest BCUT2D eigenvalue weighted by Gasteiger charge is -2.24. The monoisotopic (exact) mass is 495 g/mol. The van der Waals surface area contributed by atoms with E-state index in [-0.39, 0.29) is 6.42 Å². The van der Waals surface area contributed by atoms with Gasteiger partial charge in [-0.3, -0.25) is 24.0 Å². The second-order valence-electron chi connectivity index (χ2n) is 7.75. The van der Waals surface area contributed by atoms with E-state index in [1.54, 1.807) is 30.3 Å². The molecule has 0 saturated heterocycles. The smallest absolute Gasteiger partial charge is 0.326 e. The summed E-state index contributed by atoms with van der Waals surface area (Å²) in [5, 5.41) is 34.4. The van der Waals surface area contributed by atoms with Gasteiger partial charge in [-0.1, -0.05) is 30.3 Å². The van der Waals surface area contributed by atoms with Gasteiger partial charge < -0.3 is 42.7 Å². The van der Waals surface area contributed by atoms with E-state index < -0.39 is 78.7 Å². The van der Waals surface area contributed by atoms with Crippen LogP contribution in [-0.2, 0) is 35.2 Å². The standard InChI is InChI=1S/C21H29N5O9/c1-10(27)17(23)20(33)25-12(8-15(22)28)18(31)24-13(9-16(29)30)19(32)26-14(21(34)35)7-11-5-3-2-4-6-11/h2-6,10,12-14,17,27H,7-9,23H2,1H3,(H2,22,28)(H,24,31)(H,25,33)(H,26,32)(H,29,30)(H,34,35). The quantitative estimate of drug-likeness (QED) is 0.128. The number of amides is 4. The molecule has 1 aromatic carbocycles. The number of aliphatic hydroxyl groups excluding tert-OH is 1. The number of hydrogen-bond acceptors (Lipinski definition) is 8. The Morgan fingerprint density at radius 2 is 1.31 bits per heavy atom. The molecule has 0 saturated carbocycles. The predicted octanol–water partition coefficient (Wildman–Crippen LogP) is -3.17. The zero-order chi connectivity index (χ0) is 26.7. The minimum atomic E-state index is -1.75. The summed E-state index contributed by atoms with van der Waals surface area (Å²) in [6.45, 7) is 1.22. The Bertz CT molecular complexity index is 938. The second-order valence-corrected chi connectivity index (χ2v) is 7.75. The summed E-state index contributed by atoms with van der Waals surface area (Å²) in [5.74, 6) is -7.17. The van der Waals surface area contributed by atoms with Gasteiger partial charge in [0.25, 0.3) is 0 Å². The first kappa shape index (κ1) is 29.0. The number of benzene rings is 1. The van der Waals surface area contributed by atoms with Crippen molar-refractivity contribution < 1.29 is 44.1 Å². The van der Waals surface area contributed by atoms with E-state index in [1.165, 1.54) is 6.92 Å². The second kappa shape index (κ2) is 13.6. The summed E-state index contributed by atoms with van der Waals surface area (Å²) in [6, 6.07) is 2.02. The van der Waals surface area contributed by atoms with E-state index in [0.29, 0.717) is 5.56 Å². The van der Waals surface area contributed by atoms with E-state index in [4.69, 9.17) is 16.6 Å². The van der Waals surface area contributed by atoms with Crippen LogP contribution >= 0.6 is 0 Å². The first-order valence-corrected chi connectivity index (χ1v) is 10.4. The van der Waals surface area contributed by atoms with Crippen molar-refractivity contribution >= 4 is 35.6 Å². The van der Waals surface area contributed by atoms with Gasteiger partial charge in [0, 0.05) is 6.42 Å². The average Bonchev–Trinajstić information content (AvgIpc) is 2.76. The Kier molecular flexibility index (Phi) is 11.3. The molecule has 4 amide bonds. The number of carbonyl (C=O) groups is 6. The van der Waals surface area contributed by atoms with Crippen LogP contribution in [0.4, 0.5) is 0 Å². The van der Waals surface area contributed by atoms with Crippen molar-refractivity contribution in [2.45, 2.75) is 56.5 Å². The summed E-state index contributed by atoms with van der Waals surface area (Å²) < 4.78 is 0. The highest BCUT2D eigenvalue weighted by molar-refractivity contribution is 5.97. The summed E-state index contributed by atoms with van der Waals surface area (Å²) >= 11 is 0. The molecule has 0 spiro atoms. The Hall–Kier alpha value is -4.04. The van der Waals surface area contributed by atoms with Crippen LogP contribution in [0.5, 0.6) is 0 Å².